The standard InChI is InChI=1S/C14H27F3N2.C12H23F3N2.Cu/c1-6-10(4)18-12(8-3)9-13(14(15,16)17)19-11(5)7-2;1-6-10(16-8(2)3)7-11(12(13,14)15)17-9(4)5;/h10-13H,6-9H2,1-5H3;8-11H,6-7H2,1-5H3;/q2*-2;. The van der Waals surface area contributed by atoms with Gasteiger partial charge in [0.25, 0.3) is 0 Å². The van der Waals surface area contributed by atoms with Crippen LogP contribution in [-0.2, 0) is 17.1 Å². The molecular formula is C26H50CuF6N4-4. The monoisotopic (exact) mass is 595 g/mol. The summed E-state index contributed by atoms with van der Waals surface area (Å²) < 4.78 is 77.3. The number of hydrogen-bond donors (Lipinski definition) is 0. The normalized spacial score (nSPS) is 17.4. The van der Waals surface area contributed by atoms with Gasteiger partial charge in [0.2, 0.25) is 0 Å². The van der Waals surface area contributed by atoms with Gasteiger partial charge in [-0.05, 0) is 12.1 Å². The van der Waals surface area contributed by atoms with Crippen molar-refractivity contribution in [2.45, 2.75) is 168 Å². The summed E-state index contributed by atoms with van der Waals surface area (Å²) in [7, 11) is 0. The Labute approximate surface area is 233 Å². The van der Waals surface area contributed by atoms with Gasteiger partial charge in [-0.3, -0.25) is 0 Å². The summed E-state index contributed by atoms with van der Waals surface area (Å²) in [6.07, 6.45) is -5.83. The molecule has 0 aromatic carbocycles. The predicted molar refractivity (Wildman–Crippen MR) is 140 cm³/mol. The SMILES string of the molecule is CCC(C)[N-]C(CC)CC([N-]C(C)CC)C(F)(F)F.CCC(CC([N-]C(C)C)C(F)(F)F)[N-]C(C)C.[Cu]. The van der Waals surface area contributed by atoms with Crippen LogP contribution >= 0.6 is 0 Å². The molecule has 0 heterocycles. The first-order valence-corrected chi connectivity index (χ1v) is 13.3. The Morgan fingerprint density at radius 2 is 0.811 bits per heavy atom. The van der Waals surface area contributed by atoms with E-state index in [2.05, 4.69) is 21.3 Å². The molecular weight excluding hydrogens is 546 g/mol. The minimum atomic E-state index is -4.26. The van der Waals surface area contributed by atoms with Gasteiger partial charge < -0.3 is 21.3 Å². The summed E-state index contributed by atoms with van der Waals surface area (Å²) in [5.41, 5.74) is 0. The van der Waals surface area contributed by atoms with Crippen LogP contribution < -0.4 is 0 Å². The second-order valence-electron chi connectivity index (χ2n) is 10.0. The van der Waals surface area contributed by atoms with Crippen LogP contribution in [0.2, 0.25) is 0 Å². The molecule has 11 heteroatoms. The molecule has 0 aliphatic rings. The molecule has 0 N–H and O–H groups in total. The first-order chi connectivity index (χ1) is 16.4. The molecule has 0 saturated carbocycles. The van der Waals surface area contributed by atoms with Crippen LogP contribution in [0.15, 0.2) is 0 Å². The smallest absolute Gasteiger partial charge is 0.373 e. The van der Waals surface area contributed by atoms with E-state index in [4.69, 9.17) is 0 Å². The molecule has 0 aromatic heterocycles. The number of nitrogens with zero attached hydrogens (tertiary/aromatic N) is 4. The molecule has 1 radical (unpaired) electrons. The third kappa shape index (κ3) is 21.4. The molecule has 0 rings (SSSR count). The molecule has 0 aliphatic carbocycles. The van der Waals surface area contributed by atoms with Crippen molar-refractivity contribution in [3.63, 3.8) is 0 Å². The minimum absolute atomic E-state index is 0. The Balaban J connectivity index is -0.000000612. The van der Waals surface area contributed by atoms with Crippen molar-refractivity contribution in [3.05, 3.63) is 21.3 Å². The van der Waals surface area contributed by atoms with Gasteiger partial charge in [-0.15, -0.1) is 36.3 Å². The van der Waals surface area contributed by atoms with E-state index < -0.39 is 24.4 Å². The molecule has 0 fully saturated rings. The van der Waals surface area contributed by atoms with Crippen LogP contribution in [-0.4, -0.2) is 60.7 Å². The van der Waals surface area contributed by atoms with Gasteiger partial charge in [0.05, 0.1) is 0 Å². The summed E-state index contributed by atoms with van der Waals surface area (Å²) in [5.74, 6) is 0. The number of hydrogen-bond acceptors (Lipinski definition) is 0. The zero-order chi connectivity index (χ0) is 28.7. The van der Waals surface area contributed by atoms with Crippen LogP contribution in [0, 0.1) is 0 Å². The Bertz CT molecular complexity index is 532. The van der Waals surface area contributed by atoms with Crippen molar-refractivity contribution in [2.75, 3.05) is 0 Å². The van der Waals surface area contributed by atoms with Gasteiger partial charge in [-0.25, -0.2) is 0 Å². The van der Waals surface area contributed by atoms with Crippen LogP contribution in [0.1, 0.15) is 108 Å². The minimum Gasteiger partial charge on any atom is -0.657 e. The van der Waals surface area contributed by atoms with Crippen LogP contribution in [0.5, 0.6) is 0 Å². The van der Waals surface area contributed by atoms with E-state index >= 15 is 0 Å². The summed E-state index contributed by atoms with van der Waals surface area (Å²) in [6, 6.07) is -4.07. The number of alkyl halides is 6. The Kier molecular flexibility index (Phi) is 23.3. The fourth-order valence-electron chi connectivity index (χ4n) is 3.40. The van der Waals surface area contributed by atoms with Crippen molar-refractivity contribution >= 4 is 0 Å². The molecule has 0 spiro atoms. The van der Waals surface area contributed by atoms with Gasteiger partial charge in [-0.1, -0.05) is 108 Å². The van der Waals surface area contributed by atoms with Gasteiger partial charge in [0.15, 0.2) is 0 Å². The van der Waals surface area contributed by atoms with Gasteiger partial charge in [0, 0.05) is 17.1 Å². The van der Waals surface area contributed by atoms with E-state index in [0.29, 0.717) is 19.3 Å². The fourth-order valence-corrected chi connectivity index (χ4v) is 3.40. The third-order valence-corrected chi connectivity index (χ3v) is 5.76. The van der Waals surface area contributed by atoms with Crippen LogP contribution in [0.4, 0.5) is 26.3 Å². The number of rotatable bonds is 16. The number of halogens is 6. The van der Waals surface area contributed by atoms with Gasteiger partial charge >= 0.3 is 12.4 Å². The van der Waals surface area contributed by atoms with E-state index in [-0.39, 0.29) is 66.2 Å². The zero-order valence-electron chi connectivity index (χ0n) is 24.2. The average Bonchev–Trinajstić information content (AvgIpc) is 2.75. The second-order valence-corrected chi connectivity index (χ2v) is 10.0. The van der Waals surface area contributed by atoms with E-state index in [1.165, 1.54) is 0 Å². The molecule has 37 heavy (non-hydrogen) atoms. The third-order valence-electron chi connectivity index (χ3n) is 5.76. The average molecular weight is 596 g/mol. The summed E-state index contributed by atoms with van der Waals surface area (Å²) >= 11 is 0. The van der Waals surface area contributed by atoms with Crippen molar-refractivity contribution in [3.8, 4) is 0 Å². The first kappa shape index (κ1) is 41.4. The fraction of sp³-hybridized carbons (Fsp3) is 1.00. The summed E-state index contributed by atoms with van der Waals surface area (Å²) in [5, 5.41) is 16.4. The van der Waals surface area contributed by atoms with Crippen molar-refractivity contribution in [1.82, 2.24) is 0 Å². The molecule has 0 amide bonds. The first-order valence-electron chi connectivity index (χ1n) is 13.3. The Morgan fingerprint density at radius 1 is 0.486 bits per heavy atom. The van der Waals surface area contributed by atoms with E-state index in [1.54, 1.807) is 20.8 Å². The zero-order valence-corrected chi connectivity index (χ0v) is 25.2. The maximum absolute atomic E-state index is 13.0. The summed E-state index contributed by atoms with van der Waals surface area (Å²) in [6.45, 7) is 18.3. The van der Waals surface area contributed by atoms with Crippen molar-refractivity contribution < 1.29 is 43.4 Å². The topological polar surface area (TPSA) is 56.4 Å². The van der Waals surface area contributed by atoms with E-state index in [0.717, 1.165) is 6.42 Å². The molecule has 6 atom stereocenters. The maximum Gasteiger partial charge on any atom is 0.373 e. The summed E-state index contributed by atoms with van der Waals surface area (Å²) in [4.78, 5) is 0. The Morgan fingerprint density at radius 3 is 1.11 bits per heavy atom. The maximum atomic E-state index is 13.0. The molecule has 4 nitrogen and oxygen atoms in total. The molecule has 0 aromatic rings. The molecule has 0 bridgehead atoms. The predicted octanol–water partition coefficient (Wildman–Crippen LogP) is 10.1. The van der Waals surface area contributed by atoms with Crippen LogP contribution in [0.25, 0.3) is 21.3 Å². The molecule has 0 saturated heterocycles. The van der Waals surface area contributed by atoms with Gasteiger partial charge in [0.1, 0.15) is 0 Å². The van der Waals surface area contributed by atoms with Crippen molar-refractivity contribution in [1.29, 1.82) is 0 Å². The van der Waals surface area contributed by atoms with E-state index in [9.17, 15) is 26.3 Å². The largest absolute Gasteiger partial charge is 0.657 e. The van der Waals surface area contributed by atoms with Gasteiger partial charge in [-0.2, -0.15) is 26.3 Å². The quantitative estimate of drug-likeness (QED) is 0.126. The Hall–Kier alpha value is -0.0605. The van der Waals surface area contributed by atoms with Crippen molar-refractivity contribution in [2.24, 2.45) is 0 Å². The van der Waals surface area contributed by atoms with E-state index in [1.807, 2.05) is 48.5 Å². The molecule has 231 valence electrons. The molecule has 0 aliphatic heterocycles. The molecule has 6 unspecified atom stereocenters. The second kappa shape index (κ2) is 20.8. The van der Waals surface area contributed by atoms with Crippen LogP contribution in [0.3, 0.4) is 0 Å².